The van der Waals surface area contributed by atoms with E-state index in [2.05, 4.69) is 11.9 Å². The molecule has 0 saturated carbocycles. The van der Waals surface area contributed by atoms with E-state index in [0.717, 1.165) is 41.0 Å². The molecule has 36 heavy (non-hydrogen) atoms. The van der Waals surface area contributed by atoms with Crippen molar-refractivity contribution in [2.24, 2.45) is 0 Å². The van der Waals surface area contributed by atoms with Crippen LogP contribution in [0.1, 0.15) is 39.5 Å². The Morgan fingerprint density at radius 1 is 0.806 bits per heavy atom. The van der Waals surface area contributed by atoms with Crippen LogP contribution < -0.4 is 9.47 Å². The zero-order valence-corrected chi connectivity index (χ0v) is 20.4. The van der Waals surface area contributed by atoms with Crippen molar-refractivity contribution >= 4 is 5.97 Å². The first-order valence-corrected chi connectivity index (χ1v) is 12.0. The van der Waals surface area contributed by atoms with E-state index in [1.807, 2.05) is 43.3 Å². The van der Waals surface area contributed by atoms with Gasteiger partial charge in [0.2, 0.25) is 0 Å². The van der Waals surface area contributed by atoms with Gasteiger partial charge in [0.15, 0.2) is 0 Å². The Morgan fingerprint density at radius 3 is 1.97 bits per heavy atom. The highest BCUT2D eigenvalue weighted by Gasteiger charge is 2.47. The molecular formula is C28H30F3NO4. The second-order valence-electron chi connectivity index (χ2n) is 8.25. The molecular weight excluding hydrogens is 471 g/mol. The second kappa shape index (κ2) is 13.1. The van der Waals surface area contributed by atoms with Gasteiger partial charge in [0, 0.05) is 23.9 Å². The Hall–Kier alpha value is -3.39. The van der Waals surface area contributed by atoms with Gasteiger partial charge < -0.3 is 14.2 Å². The van der Waals surface area contributed by atoms with E-state index >= 15 is 0 Å². The number of alkyl halides is 3. The molecule has 5 nitrogen and oxygen atoms in total. The molecule has 1 aromatic heterocycles. The molecule has 1 heterocycles. The van der Waals surface area contributed by atoms with Crippen LogP contribution in [0.5, 0.6) is 11.5 Å². The van der Waals surface area contributed by atoms with Crippen molar-refractivity contribution in [2.45, 2.75) is 51.8 Å². The van der Waals surface area contributed by atoms with Gasteiger partial charge in [0.1, 0.15) is 11.5 Å². The van der Waals surface area contributed by atoms with E-state index in [1.54, 1.807) is 18.3 Å². The molecule has 3 aromatic rings. The van der Waals surface area contributed by atoms with Gasteiger partial charge in [-0.3, -0.25) is 4.98 Å². The summed E-state index contributed by atoms with van der Waals surface area (Å²) >= 11 is 0. The molecule has 0 aliphatic heterocycles. The fourth-order valence-corrected chi connectivity index (χ4v) is 3.32. The third-order valence-corrected chi connectivity index (χ3v) is 5.38. The number of ether oxygens (including phenoxy) is 3. The molecule has 0 spiro atoms. The molecule has 0 radical (unpaired) electrons. The zero-order valence-electron chi connectivity index (χ0n) is 20.4. The molecule has 2 aromatic carbocycles. The molecule has 1 unspecified atom stereocenters. The number of hydrogen-bond donors (Lipinski definition) is 0. The summed E-state index contributed by atoms with van der Waals surface area (Å²) < 4.78 is 54.9. The van der Waals surface area contributed by atoms with Crippen molar-refractivity contribution in [3.05, 3.63) is 66.9 Å². The summed E-state index contributed by atoms with van der Waals surface area (Å²) in [4.78, 5) is 16.6. The molecule has 0 N–H and O–H groups in total. The van der Waals surface area contributed by atoms with E-state index in [-0.39, 0.29) is 12.4 Å². The summed E-state index contributed by atoms with van der Waals surface area (Å²) in [7, 11) is 0. The topological polar surface area (TPSA) is 57.7 Å². The van der Waals surface area contributed by atoms with Gasteiger partial charge in [-0.05, 0) is 60.9 Å². The van der Waals surface area contributed by atoms with E-state index in [1.165, 1.54) is 12.1 Å². The molecule has 0 bridgehead atoms. The van der Waals surface area contributed by atoms with Gasteiger partial charge in [-0.1, -0.05) is 44.9 Å². The van der Waals surface area contributed by atoms with Crippen LogP contribution in [-0.2, 0) is 9.53 Å². The summed E-state index contributed by atoms with van der Waals surface area (Å²) in [6.07, 6.45) is -2.59. The summed E-state index contributed by atoms with van der Waals surface area (Å²) in [6.45, 7) is 4.45. The average Bonchev–Trinajstić information content (AvgIpc) is 2.87. The average molecular weight is 502 g/mol. The number of esters is 1. The molecule has 192 valence electrons. The van der Waals surface area contributed by atoms with Crippen LogP contribution in [0, 0.1) is 0 Å². The van der Waals surface area contributed by atoms with E-state index in [0.29, 0.717) is 19.4 Å². The Morgan fingerprint density at radius 2 is 1.39 bits per heavy atom. The van der Waals surface area contributed by atoms with Crippen LogP contribution in [0.4, 0.5) is 13.2 Å². The van der Waals surface area contributed by atoms with Gasteiger partial charge in [-0.25, -0.2) is 4.79 Å². The predicted molar refractivity (Wildman–Crippen MR) is 132 cm³/mol. The van der Waals surface area contributed by atoms with Crippen molar-refractivity contribution in [3.8, 4) is 33.9 Å². The Bertz CT molecular complexity index is 1080. The minimum absolute atomic E-state index is 0.00270. The molecule has 3 rings (SSSR count). The first-order valence-electron chi connectivity index (χ1n) is 12.0. The standard InChI is InChI=1S/C28H30F3NO4/c1-3-5-17-34-23-12-9-21(10-13-23)25-16-11-22(19-32-25)20-7-14-24(15-8-20)36-27(33)26(28(29,30)31)35-18-6-4-2/h7-16,19,26H,3-6,17-18H2,1-2H3. The molecule has 0 fully saturated rings. The summed E-state index contributed by atoms with van der Waals surface area (Å²) in [5, 5.41) is 0. The molecule has 0 saturated heterocycles. The lowest BCUT2D eigenvalue weighted by atomic mass is 10.1. The van der Waals surface area contributed by atoms with Crippen LogP contribution >= 0.6 is 0 Å². The highest BCUT2D eigenvalue weighted by Crippen LogP contribution is 2.28. The number of carbonyl (C=O) groups excluding carboxylic acids is 1. The fourth-order valence-electron chi connectivity index (χ4n) is 3.32. The highest BCUT2D eigenvalue weighted by molar-refractivity contribution is 5.78. The summed E-state index contributed by atoms with van der Waals surface area (Å²) in [6, 6.07) is 17.7. The van der Waals surface area contributed by atoms with Gasteiger partial charge in [-0.2, -0.15) is 13.2 Å². The van der Waals surface area contributed by atoms with E-state index in [9.17, 15) is 18.0 Å². The number of unbranched alkanes of at least 4 members (excludes halogenated alkanes) is 2. The van der Waals surface area contributed by atoms with Crippen molar-refractivity contribution in [2.75, 3.05) is 13.2 Å². The monoisotopic (exact) mass is 501 g/mol. The Balaban J connectivity index is 1.62. The minimum atomic E-state index is -4.85. The zero-order chi connectivity index (χ0) is 26.0. The summed E-state index contributed by atoms with van der Waals surface area (Å²) in [5.74, 6) is -0.666. The van der Waals surface area contributed by atoms with E-state index < -0.39 is 18.2 Å². The van der Waals surface area contributed by atoms with Gasteiger partial charge in [-0.15, -0.1) is 0 Å². The van der Waals surface area contributed by atoms with Crippen LogP contribution in [0.2, 0.25) is 0 Å². The normalized spacial score (nSPS) is 12.2. The molecule has 0 aliphatic carbocycles. The van der Waals surface area contributed by atoms with Crippen molar-refractivity contribution in [3.63, 3.8) is 0 Å². The second-order valence-corrected chi connectivity index (χ2v) is 8.25. The van der Waals surface area contributed by atoms with Crippen molar-refractivity contribution in [1.82, 2.24) is 4.98 Å². The number of halogens is 3. The number of pyridine rings is 1. The fraction of sp³-hybridized carbons (Fsp3) is 0.357. The van der Waals surface area contributed by atoms with Crippen molar-refractivity contribution in [1.29, 1.82) is 0 Å². The number of rotatable bonds is 12. The SMILES string of the molecule is CCCCOc1ccc(-c2ccc(-c3ccc(OC(=O)C(OCCCC)C(F)(F)F)cc3)cn2)cc1. The third-order valence-electron chi connectivity index (χ3n) is 5.38. The lowest BCUT2D eigenvalue weighted by molar-refractivity contribution is -0.225. The summed E-state index contributed by atoms with van der Waals surface area (Å²) in [5.41, 5.74) is 3.34. The number of hydrogen-bond acceptors (Lipinski definition) is 5. The lowest BCUT2D eigenvalue weighted by Gasteiger charge is -2.19. The minimum Gasteiger partial charge on any atom is -0.494 e. The van der Waals surface area contributed by atoms with Crippen molar-refractivity contribution < 1.29 is 32.2 Å². The van der Waals surface area contributed by atoms with Crippen LogP contribution in [0.25, 0.3) is 22.4 Å². The lowest BCUT2D eigenvalue weighted by Crippen LogP contribution is -2.41. The van der Waals surface area contributed by atoms with Gasteiger partial charge >= 0.3 is 12.1 Å². The largest absolute Gasteiger partial charge is 0.494 e. The first-order chi connectivity index (χ1) is 17.3. The van der Waals surface area contributed by atoms with Crippen LogP contribution in [0.15, 0.2) is 66.9 Å². The van der Waals surface area contributed by atoms with Gasteiger partial charge in [0.05, 0.1) is 12.3 Å². The van der Waals surface area contributed by atoms with Crippen LogP contribution in [-0.4, -0.2) is 36.4 Å². The molecule has 0 aliphatic rings. The first kappa shape index (κ1) is 27.2. The van der Waals surface area contributed by atoms with E-state index in [4.69, 9.17) is 14.2 Å². The van der Waals surface area contributed by atoms with Gasteiger partial charge in [0.25, 0.3) is 6.10 Å². The third kappa shape index (κ3) is 7.81. The number of carbonyl (C=O) groups is 1. The smallest absolute Gasteiger partial charge is 0.425 e. The maximum atomic E-state index is 13.2. The number of nitrogens with zero attached hydrogens (tertiary/aromatic N) is 1. The maximum Gasteiger partial charge on any atom is 0.425 e. The molecule has 0 amide bonds. The molecule has 8 heteroatoms. The number of aromatic nitrogens is 1. The Labute approximate surface area is 209 Å². The number of benzene rings is 2. The Kier molecular flexibility index (Phi) is 9.87. The van der Waals surface area contributed by atoms with Crippen LogP contribution in [0.3, 0.4) is 0 Å². The maximum absolute atomic E-state index is 13.2. The quantitative estimate of drug-likeness (QED) is 0.149. The molecule has 1 atom stereocenters. The predicted octanol–water partition coefficient (Wildman–Crippen LogP) is 7.25. The highest BCUT2D eigenvalue weighted by atomic mass is 19.4.